The molecule has 0 bridgehead atoms. The highest BCUT2D eigenvalue weighted by Crippen LogP contribution is 2.33. The van der Waals surface area contributed by atoms with Crippen molar-refractivity contribution in [3.8, 4) is 0 Å². The number of hydrogen-bond acceptors (Lipinski definition) is 1. The molecule has 0 spiro atoms. The standard InChI is InChI=1S/C8H6Cl2F2O/c9-4-2-1-3-5(10)6(4)7(13)8(11)12/h1-3,7-8,13H. The molecule has 72 valence electrons. The van der Waals surface area contributed by atoms with Crippen molar-refractivity contribution in [2.75, 3.05) is 0 Å². The van der Waals surface area contributed by atoms with E-state index in [9.17, 15) is 8.78 Å². The van der Waals surface area contributed by atoms with Crippen molar-refractivity contribution in [3.05, 3.63) is 33.8 Å². The lowest BCUT2D eigenvalue weighted by atomic mass is 10.1. The molecule has 1 aromatic rings. The molecule has 1 aromatic carbocycles. The fraction of sp³-hybridized carbons (Fsp3) is 0.250. The highest BCUT2D eigenvalue weighted by molar-refractivity contribution is 6.36. The lowest BCUT2D eigenvalue weighted by Crippen LogP contribution is -2.09. The summed E-state index contributed by atoms with van der Waals surface area (Å²) in [5.41, 5.74) is -0.124. The summed E-state index contributed by atoms with van der Waals surface area (Å²) in [7, 11) is 0. The summed E-state index contributed by atoms with van der Waals surface area (Å²) >= 11 is 11.2. The van der Waals surface area contributed by atoms with Gasteiger partial charge in [-0.2, -0.15) is 0 Å². The summed E-state index contributed by atoms with van der Waals surface area (Å²) in [5.74, 6) is 0. The van der Waals surface area contributed by atoms with Crippen LogP contribution in [-0.2, 0) is 0 Å². The molecule has 0 aliphatic heterocycles. The highest BCUT2D eigenvalue weighted by atomic mass is 35.5. The van der Waals surface area contributed by atoms with Crippen molar-refractivity contribution in [1.82, 2.24) is 0 Å². The second-order valence-electron chi connectivity index (χ2n) is 2.41. The van der Waals surface area contributed by atoms with E-state index in [0.29, 0.717) is 0 Å². The molecule has 1 atom stereocenters. The Kier molecular flexibility index (Phi) is 3.47. The fourth-order valence-corrected chi connectivity index (χ4v) is 1.54. The van der Waals surface area contributed by atoms with Crippen molar-refractivity contribution in [3.63, 3.8) is 0 Å². The minimum atomic E-state index is -2.89. The molecule has 0 aromatic heterocycles. The van der Waals surface area contributed by atoms with Crippen LogP contribution in [0, 0.1) is 0 Å². The fourth-order valence-electron chi connectivity index (χ4n) is 0.919. The summed E-state index contributed by atoms with van der Waals surface area (Å²) in [6.45, 7) is 0. The van der Waals surface area contributed by atoms with Crippen LogP contribution in [0.2, 0.25) is 10.0 Å². The Hall–Kier alpha value is -0.380. The second-order valence-corrected chi connectivity index (χ2v) is 3.23. The maximum atomic E-state index is 12.1. The summed E-state index contributed by atoms with van der Waals surface area (Å²) in [6.07, 6.45) is -4.82. The number of hydrogen-bond donors (Lipinski definition) is 1. The van der Waals surface area contributed by atoms with Crippen LogP contribution in [0.25, 0.3) is 0 Å². The largest absolute Gasteiger partial charge is 0.382 e. The lowest BCUT2D eigenvalue weighted by Gasteiger charge is -2.12. The lowest BCUT2D eigenvalue weighted by molar-refractivity contribution is -0.00567. The Morgan fingerprint density at radius 3 is 2.00 bits per heavy atom. The molecular formula is C8H6Cl2F2O. The first kappa shape index (κ1) is 10.7. The third-order valence-electron chi connectivity index (χ3n) is 1.53. The molecule has 0 aliphatic rings. The van der Waals surface area contributed by atoms with Gasteiger partial charge in [-0.3, -0.25) is 0 Å². The van der Waals surface area contributed by atoms with E-state index in [4.69, 9.17) is 28.3 Å². The van der Waals surface area contributed by atoms with Crippen molar-refractivity contribution < 1.29 is 13.9 Å². The van der Waals surface area contributed by atoms with E-state index in [0.717, 1.165) is 0 Å². The van der Waals surface area contributed by atoms with Crippen LogP contribution in [0.3, 0.4) is 0 Å². The topological polar surface area (TPSA) is 20.2 Å². The Bertz CT molecular complexity index is 284. The monoisotopic (exact) mass is 226 g/mol. The summed E-state index contributed by atoms with van der Waals surface area (Å²) in [4.78, 5) is 0. The van der Waals surface area contributed by atoms with Crippen LogP contribution < -0.4 is 0 Å². The molecule has 5 heteroatoms. The molecule has 0 saturated heterocycles. The van der Waals surface area contributed by atoms with Crippen LogP contribution in [0.5, 0.6) is 0 Å². The van der Waals surface area contributed by atoms with E-state index in [1.807, 2.05) is 0 Å². The molecule has 0 amide bonds. The SMILES string of the molecule is OC(c1c(Cl)cccc1Cl)C(F)F. The van der Waals surface area contributed by atoms with E-state index in [-0.39, 0.29) is 15.6 Å². The Morgan fingerprint density at radius 2 is 1.62 bits per heavy atom. The van der Waals surface area contributed by atoms with Gasteiger partial charge in [-0.05, 0) is 12.1 Å². The molecule has 0 saturated carbocycles. The van der Waals surface area contributed by atoms with Gasteiger partial charge in [-0.1, -0.05) is 29.3 Å². The number of halogens is 4. The predicted molar refractivity (Wildman–Crippen MR) is 47.4 cm³/mol. The van der Waals surface area contributed by atoms with E-state index in [1.165, 1.54) is 18.2 Å². The summed E-state index contributed by atoms with van der Waals surface area (Å²) in [6, 6.07) is 4.31. The zero-order chi connectivity index (χ0) is 10.0. The number of aliphatic hydroxyl groups is 1. The van der Waals surface area contributed by atoms with E-state index < -0.39 is 12.5 Å². The van der Waals surface area contributed by atoms with Gasteiger partial charge >= 0.3 is 0 Å². The minimum absolute atomic E-state index is 0.0419. The van der Waals surface area contributed by atoms with Crippen molar-refractivity contribution >= 4 is 23.2 Å². The van der Waals surface area contributed by atoms with Crippen molar-refractivity contribution in [1.29, 1.82) is 0 Å². The average molecular weight is 227 g/mol. The average Bonchev–Trinajstić information content (AvgIpc) is 2.03. The number of rotatable bonds is 2. The maximum absolute atomic E-state index is 12.1. The van der Waals surface area contributed by atoms with Gasteiger partial charge in [0.1, 0.15) is 6.10 Å². The smallest absolute Gasteiger partial charge is 0.268 e. The van der Waals surface area contributed by atoms with E-state index in [1.54, 1.807) is 0 Å². The van der Waals surface area contributed by atoms with Crippen molar-refractivity contribution in [2.24, 2.45) is 0 Å². The Balaban J connectivity index is 3.12. The van der Waals surface area contributed by atoms with Crippen molar-refractivity contribution in [2.45, 2.75) is 12.5 Å². The van der Waals surface area contributed by atoms with Gasteiger partial charge in [-0.25, -0.2) is 8.78 Å². The molecule has 1 rings (SSSR count). The highest BCUT2D eigenvalue weighted by Gasteiger charge is 2.23. The zero-order valence-corrected chi connectivity index (χ0v) is 7.86. The third kappa shape index (κ3) is 2.30. The minimum Gasteiger partial charge on any atom is -0.382 e. The Morgan fingerprint density at radius 1 is 1.15 bits per heavy atom. The van der Waals surface area contributed by atoms with Gasteiger partial charge in [0.15, 0.2) is 0 Å². The molecule has 1 nitrogen and oxygen atoms in total. The first-order valence-corrected chi connectivity index (χ1v) is 4.19. The van der Waals surface area contributed by atoms with Crippen LogP contribution in [0.15, 0.2) is 18.2 Å². The van der Waals surface area contributed by atoms with Gasteiger partial charge in [0.05, 0.1) is 0 Å². The van der Waals surface area contributed by atoms with Crippen LogP contribution in [0.4, 0.5) is 8.78 Å². The van der Waals surface area contributed by atoms with Crippen LogP contribution in [-0.4, -0.2) is 11.5 Å². The first-order valence-electron chi connectivity index (χ1n) is 3.44. The normalized spacial score (nSPS) is 13.4. The summed E-state index contributed by atoms with van der Waals surface area (Å²) in [5, 5.41) is 9.12. The molecular weight excluding hydrogens is 221 g/mol. The number of aliphatic hydroxyl groups excluding tert-OH is 1. The molecule has 13 heavy (non-hydrogen) atoms. The molecule has 0 heterocycles. The molecule has 0 aliphatic carbocycles. The number of alkyl halides is 2. The first-order chi connectivity index (χ1) is 6.04. The molecule has 1 unspecified atom stereocenters. The Labute approximate surface area is 83.9 Å². The van der Waals surface area contributed by atoms with Gasteiger partial charge < -0.3 is 5.11 Å². The van der Waals surface area contributed by atoms with E-state index in [2.05, 4.69) is 0 Å². The quantitative estimate of drug-likeness (QED) is 0.821. The van der Waals surface area contributed by atoms with Crippen LogP contribution in [0.1, 0.15) is 11.7 Å². The summed E-state index contributed by atoms with van der Waals surface area (Å²) < 4.78 is 24.2. The molecule has 1 N–H and O–H groups in total. The predicted octanol–water partition coefficient (Wildman–Crippen LogP) is 3.29. The van der Waals surface area contributed by atoms with Gasteiger partial charge in [0, 0.05) is 15.6 Å². The molecule has 0 fully saturated rings. The van der Waals surface area contributed by atoms with E-state index >= 15 is 0 Å². The zero-order valence-electron chi connectivity index (χ0n) is 6.35. The molecule has 0 radical (unpaired) electrons. The second kappa shape index (κ2) is 4.22. The van der Waals surface area contributed by atoms with Gasteiger partial charge in [0.25, 0.3) is 6.43 Å². The van der Waals surface area contributed by atoms with Crippen LogP contribution >= 0.6 is 23.2 Å². The van der Waals surface area contributed by atoms with Gasteiger partial charge in [-0.15, -0.1) is 0 Å². The third-order valence-corrected chi connectivity index (χ3v) is 2.19. The van der Waals surface area contributed by atoms with Gasteiger partial charge in [0.2, 0.25) is 0 Å². The number of benzene rings is 1. The maximum Gasteiger partial charge on any atom is 0.268 e.